The number of nitrogens with two attached hydrogens (primary N) is 1. The molecule has 9 nitrogen and oxygen atoms in total. The number of carboxylic acids is 3. The Hall–Kier alpha value is -3.10. The number of benzene rings is 1. The Bertz CT molecular complexity index is 862. The van der Waals surface area contributed by atoms with Gasteiger partial charge in [-0.2, -0.15) is 0 Å². The number of aromatic carboxylic acids is 1. The fourth-order valence-corrected chi connectivity index (χ4v) is 4.94. The lowest BCUT2D eigenvalue weighted by Crippen LogP contribution is -2.33. The Morgan fingerprint density at radius 1 is 0.565 bits per heavy atom. The maximum absolute atomic E-state index is 12.5. The van der Waals surface area contributed by atoms with Gasteiger partial charge in [-0.3, -0.25) is 14.4 Å². The molecule has 0 bridgehead atoms. The average Bonchev–Trinajstić information content (AvgIpc) is 3.01. The SMILES string of the molecule is CC(=O)O.CCCCCCCCCCCCN(CCCCCCCCCCCC)C(=O)CCC(=O)O.Nc1ccc(C(=O)O)cc1. The van der Waals surface area contributed by atoms with E-state index >= 15 is 0 Å². The van der Waals surface area contributed by atoms with Crippen LogP contribution < -0.4 is 5.73 Å². The molecule has 0 atom stereocenters. The average molecular weight is 651 g/mol. The molecule has 0 saturated heterocycles. The molecular formula is C37H66N2O7. The van der Waals surface area contributed by atoms with E-state index in [4.69, 9.17) is 25.8 Å². The molecule has 0 spiro atoms. The second-order valence-corrected chi connectivity index (χ2v) is 12.1. The van der Waals surface area contributed by atoms with Crippen molar-refractivity contribution in [2.45, 2.75) is 162 Å². The molecule has 266 valence electrons. The molecule has 46 heavy (non-hydrogen) atoms. The van der Waals surface area contributed by atoms with Crippen LogP contribution in [-0.4, -0.2) is 57.1 Å². The van der Waals surface area contributed by atoms with Crippen molar-refractivity contribution >= 4 is 29.5 Å². The van der Waals surface area contributed by atoms with Crippen LogP contribution in [0.15, 0.2) is 24.3 Å². The highest BCUT2D eigenvalue weighted by atomic mass is 16.4. The number of aliphatic carboxylic acids is 2. The first-order chi connectivity index (χ1) is 22.0. The van der Waals surface area contributed by atoms with E-state index in [1.807, 2.05) is 4.90 Å². The van der Waals surface area contributed by atoms with Crippen LogP contribution in [0, 0.1) is 0 Å². The molecule has 0 aliphatic rings. The van der Waals surface area contributed by atoms with E-state index in [2.05, 4.69) is 13.8 Å². The largest absolute Gasteiger partial charge is 0.481 e. The molecule has 1 aromatic rings. The number of nitrogen functional groups attached to an aromatic ring is 1. The number of carboxylic acid groups (broad SMARTS) is 3. The maximum Gasteiger partial charge on any atom is 0.335 e. The van der Waals surface area contributed by atoms with Gasteiger partial charge in [0.2, 0.25) is 5.91 Å². The van der Waals surface area contributed by atoms with Crippen LogP contribution in [0.2, 0.25) is 0 Å². The molecule has 0 aliphatic heterocycles. The van der Waals surface area contributed by atoms with Crippen molar-refractivity contribution < 1.29 is 34.5 Å². The van der Waals surface area contributed by atoms with Gasteiger partial charge < -0.3 is 26.0 Å². The zero-order valence-corrected chi connectivity index (χ0v) is 29.3. The summed E-state index contributed by atoms with van der Waals surface area (Å²) in [5.41, 5.74) is 6.17. The molecule has 0 unspecified atom stereocenters. The van der Waals surface area contributed by atoms with Crippen LogP contribution >= 0.6 is 0 Å². The molecule has 1 aromatic carbocycles. The molecule has 0 fully saturated rings. The Labute approximate surface area is 279 Å². The highest BCUT2D eigenvalue weighted by Crippen LogP contribution is 2.14. The minimum absolute atomic E-state index is 0.0271. The molecule has 5 N–H and O–H groups in total. The van der Waals surface area contributed by atoms with E-state index in [0.29, 0.717) is 5.69 Å². The molecule has 0 aromatic heterocycles. The van der Waals surface area contributed by atoms with Crippen molar-refractivity contribution in [3.8, 4) is 0 Å². The number of anilines is 1. The summed E-state index contributed by atoms with van der Waals surface area (Å²) in [6.07, 6.45) is 25.9. The van der Waals surface area contributed by atoms with Crippen LogP contribution in [0.4, 0.5) is 5.69 Å². The number of carbonyl (C=O) groups is 4. The molecule has 1 rings (SSSR count). The summed E-state index contributed by atoms with van der Waals surface area (Å²) in [6.45, 7) is 7.19. The van der Waals surface area contributed by atoms with E-state index in [9.17, 15) is 14.4 Å². The molecule has 0 saturated carbocycles. The number of hydrogen-bond acceptors (Lipinski definition) is 5. The van der Waals surface area contributed by atoms with Gasteiger partial charge in [-0.1, -0.05) is 129 Å². The fraction of sp³-hybridized carbons (Fsp3) is 0.730. The minimum atomic E-state index is -0.931. The van der Waals surface area contributed by atoms with E-state index in [-0.39, 0.29) is 24.3 Å². The van der Waals surface area contributed by atoms with Gasteiger partial charge in [0, 0.05) is 32.1 Å². The van der Waals surface area contributed by atoms with Crippen molar-refractivity contribution in [3.05, 3.63) is 29.8 Å². The third kappa shape index (κ3) is 33.8. The lowest BCUT2D eigenvalue weighted by molar-refractivity contribution is -0.141. The third-order valence-corrected chi connectivity index (χ3v) is 7.63. The monoisotopic (exact) mass is 650 g/mol. The van der Waals surface area contributed by atoms with Gasteiger partial charge in [0.1, 0.15) is 0 Å². The van der Waals surface area contributed by atoms with Gasteiger partial charge >= 0.3 is 11.9 Å². The topological polar surface area (TPSA) is 158 Å². The minimum Gasteiger partial charge on any atom is -0.481 e. The number of amides is 1. The van der Waals surface area contributed by atoms with Crippen molar-refractivity contribution in [1.82, 2.24) is 4.90 Å². The van der Waals surface area contributed by atoms with Crippen molar-refractivity contribution in [3.63, 3.8) is 0 Å². The van der Waals surface area contributed by atoms with Gasteiger partial charge in [-0.25, -0.2) is 4.79 Å². The third-order valence-electron chi connectivity index (χ3n) is 7.63. The lowest BCUT2D eigenvalue weighted by atomic mass is 10.1. The summed E-state index contributed by atoms with van der Waals surface area (Å²) in [7, 11) is 0. The number of rotatable bonds is 26. The first-order valence-corrected chi connectivity index (χ1v) is 17.8. The first kappa shape index (κ1) is 45.0. The van der Waals surface area contributed by atoms with E-state index in [1.165, 1.54) is 128 Å². The number of carbonyl (C=O) groups excluding carboxylic acids is 1. The smallest absolute Gasteiger partial charge is 0.335 e. The maximum atomic E-state index is 12.5. The Kier molecular flexibility index (Phi) is 32.6. The Balaban J connectivity index is 0. The molecule has 0 radical (unpaired) electrons. The highest BCUT2D eigenvalue weighted by Gasteiger charge is 2.14. The standard InChI is InChI=1S/C28H55NO3.C7H7NO2.C2H4O2/c1-3-5-7-9-11-13-15-17-19-21-25-29(27(30)23-24-28(31)32)26-22-20-18-16-14-12-10-8-6-4-2;8-6-3-1-5(2-4-6)7(9)10;1-2(3)4/h3-26H2,1-2H3,(H,31,32);1-4H,8H2,(H,9,10);1H3,(H,3,4). The predicted octanol–water partition coefficient (Wildman–Crippen LogP) is 9.58. The number of unbranched alkanes of at least 4 members (excludes halogenated alkanes) is 18. The predicted molar refractivity (Wildman–Crippen MR) is 188 cm³/mol. The fourth-order valence-electron chi connectivity index (χ4n) is 4.94. The zero-order valence-electron chi connectivity index (χ0n) is 29.3. The summed E-state index contributed by atoms with van der Waals surface area (Å²) in [4.78, 5) is 44.6. The first-order valence-electron chi connectivity index (χ1n) is 17.8. The van der Waals surface area contributed by atoms with Crippen molar-refractivity contribution in [1.29, 1.82) is 0 Å². The van der Waals surface area contributed by atoms with E-state index in [1.54, 1.807) is 12.1 Å². The van der Waals surface area contributed by atoms with Crippen LogP contribution in [0.25, 0.3) is 0 Å². The van der Waals surface area contributed by atoms with Crippen LogP contribution in [0.5, 0.6) is 0 Å². The van der Waals surface area contributed by atoms with Crippen LogP contribution in [0.3, 0.4) is 0 Å². The van der Waals surface area contributed by atoms with Crippen LogP contribution in [0.1, 0.15) is 172 Å². The van der Waals surface area contributed by atoms with E-state index in [0.717, 1.165) is 32.9 Å². The molecule has 9 heteroatoms. The summed E-state index contributed by atoms with van der Waals surface area (Å²) < 4.78 is 0. The molecule has 1 amide bonds. The normalized spacial score (nSPS) is 10.2. The van der Waals surface area contributed by atoms with Crippen molar-refractivity contribution in [2.24, 2.45) is 0 Å². The van der Waals surface area contributed by atoms with Gasteiger partial charge in [-0.15, -0.1) is 0 Å². The summed E-state index contributed by atoms with van der Waals surface area (Å²) >= 11 is 0. The molecular weight excluding hydrogens is 584 g/mol. The van der Waals surface area contributed by atoms with E-state index < -0.39 is 17.9 Å². The van der Waals surface area contributed by atoms with Crippen LogP contribution in [-0.2, 0) is 14.4 Å². The quantitative estimate of drug-likeness (QED) is 0.0570. The second kappa shape index (κ2) is 33.3. The van der Waals surface area contributed by atoms with Gasteiger partial charge in [0.05, 0.1) is 12.0 Å². The number of hydrogen-bond donors (Lipinski definition) is 4. The summed E-state index contributed by atoms with van der Waals surface area (Å²) in [5.74, 6) is -2.62. The van der Waals surface area contributed by atoms with Gasteiger partial charge in [-0.05, 0) is 37.1 Å². The second-order valence-electron chi connectivity index (χ2n) is 12.1. The van der Waals surface area contributed by atoms with Gasteiger partial charge in [0.15, 0.2) is 0 Å². The molecule has 0 aliphatic carbocycles. The Morgan fingerprint density at radius 3 is 1.20 bits per heavy atom. The van der Waals surface area contributed by atoms with Gasteiger partial charge in [0.25, 0.3) is 5.97 Å². The highest BCUT2D eigenvalue weighted by molar-refractivity contribution is 5.87. The number of nitrogens with zero attached hydrogens (tertiary/aromatic N) is 1. The zero-order chi connectivity index (χ0) is 34.8. The summed E-state index contributed by atoms with van der Waals surface area (Å²) in [5, 5.41) is 24.8. The Morgan fingerprint density at radius 2 is 0.891 bits per heavy atom. The summed E-state index contributed by atoms with van der Waals surface area (Å²) in [6, 6.07) is 6.06. The lowest BCUT2D eigenvalue weighted by Gasteiger charge is -2.22. The molecule has 0 heterocycles. The van der Waals surface area contributed by atoms with Crippen molar-refractivity contribution in [2.75, 3.05) is 18.8 Å².